The predicted octanol–water partition coefficient (Wildman–Crippen LogP) is 4.44. The van der Waals surface area contributed by atoms with Crippen molar-refractivity contribution in [3.63, 3.8) is 0 Å². The van der Waals surface area contributed by atoms with Gasteiger partial charge < -0.3 is 14.6 Å². The quantitative estimate of drug-likeness (QED) is 0.713. The number of hydrogen-bond acceptors (Lipinski definition) is 4. The van der Waals surface area contributed by atoms with E-state index < -0.39 is 0 Å². The van der Waals surface area contributed by atoms with Gasteiger partial charge in [0.2, 0.25) is 0 Å². The first-order valence-electron chi connectivity index (χ1n) is 9.92. The lowest BCUT2D eigenvalue weighted by Gasteiger charge is -2.35. The van der Waals surface area contributed by atoms with Crippen LogP contribution in [0.3, 0.4) is 0 Å². The van der Waals surface area contributed by atoms with Crippen molar-refractivity contribution in [2.45, 2.75) is 19.8 Å². The van der Waals surface area contributed by atoms with Crippen molar-refractivity contribution in [1.82, 2.24) is 9.97 Å². The van der Waals surface area contributed by atoms with Crippen molar-refractivity contribution >= 4 is 28.5 Å². The van der Waals surface area contributed by atoms with E-state index >= 15 is 0 Å². The van der Waals surface area contributed by atoms with Crippen LogP contribution in [-0.2, 0) is 4.74 Å². The number of benzene rings is 2. The van der Waals surface area contributed by atoms with Crippen molar-refractivity contribution in [2.75, 3.05) is 36.0 Å². The van der Waals surface area contributed by atoms with E-state index in [0.717, 1.165) is 42.7 Å². The van der Waals surface area contributed by atoms with E-state index in [9.17, 15) is 4.79 Å². The van der Waals surface area contributed by atoms with Gasteiger partial charge in [-0.1, -0.05) is 18.2 Å². The van der Waals surface area contributed by atoms with Gasteiger partial charge in [0.1, 0.15) is 0 Å². The van der Waals surface area contributed by atoms with E-state index in [0.29, 0.717) is 19.1 Å². The summed E-state index contributed by atoms with van der Waals surface area (Å²) in [5, 5.41) is 0. The molecule has 1 amide bonds. The Morgan fingerprint density at radius 1 is 1.21 bits per heavy atom. The minimum absolute atomic E-state index is 0.285. The summed E-state index contributed by atoms with van der Waals surface area (Å²) in [6.45, 7) is 4.89. The van der Waals surface area contributed by atoms with Gasteiger partial charge in [0.05, 0.1) is 24.0 Å². The molecule has 3 aromatic rings. The molecule has 0 bridgehead atoms. The highest BCUT2D eigenvalue weighted by atomic mass is 16.6. The fourth-order valence-electron chi connectivity index (χ4n) is 3.85. The number of anilines is 2. The first-order valence-corrected chi connectivity index (χ1v) is 9.92. The van der Waals surface area contributed by atoms with Gasteiger partial charge in [-0.2, -0.15) is 0 Å². The molecular formula is C22H26N4O2. The zero-order valence-corrected chi connectivity index (χ0v) is 16.2. The number of rotatable bonds is 5. The lowest BCUT2D eigenvalue weighted by molar-refractivity contribution is 0.158. The molecular weight excluding hydrogens is 352 g/mol. The normalized spacial score (nSPS) is 15.0. The average molecular weight is 378 g/mol. The van der Waals surface area contributed by atoms with Crippen LogP contribution in [0.25, 0.3) is 11.0 Å². The van der Waals surface area contributed by atoms with Crippen molar-refractivity contribution in [3.05, 3.63) is 54.9 Å². The lowest BCUT2D eigenvalue weighted by atomic mass is 9.95. The number of piperidine rings is 1. The molecule has 1 N–H and O–H groups in total. The summed E-state index contributed by atoms with van der Waals surface area (Å²) in [6, 6.07) is 16.4. The number of para-hydroxylation sites is 1. The Morgan fingerprint density at radius 2 is 2.00 bits per heavy atom. The molecule has 2 aromatic carbocycles. The van der Waals surface area contributed by atoms with Crippen LogP contribution in [0.15, 0.2) is 54.9 Å². The molecule has 28 heavy (non-hydrogen) atoms. The topological polar surface area (TPSA) is 61.5 Å². The SMILES string of the molecule is CCOC(=O)N(CC1CCN(c2ccccc2)CC1)c1ccc2nc[nH]c2c1. The van der Waals surface area contributed by atoms with E-state index in [-0.39, 0.29) is 6.09 Å². The third kappa shape index (κ3) is 3.96. The number of hydrogen-bond donors (Lipinski definition) is 1. The number of nitrogens with zero attached hydrogens (tertiary/aromatic N) is 3. The zero-order chi connectivity index (χ0) is 19.3. The number of nitrogens with one attached hydrogen (secondary N) is 1. The number of ether oxygens (including phenoxy) is 1. The number of amides is 1. The van der Waals surface area contributed by atoms with Crippen molar-refractivity contribution in [3.8, 4) is 0 Å². The molecule has 1 saturated heterocycles. The van der Waals surface area contributed by atoms with E-state index in [1.807, 2.05) is 31.2 Å². The van der Waals surface area contributed by atoms with Crippen molar-refractivity contribution < 1.29 is 9.53 Å². The van der Waals surface area contributed by atoms with Crippen LogP contribution in [0, 0.1) is 5.92 Å². The Morgan fingerprint density at radius 3 is 2.75 bits per heavy atom. The predicted molar refractivity (Wildman–Crippen MR) is 112 cm³/mol. The Balaban J connectivity index is 1.46. The molecule has 1 aliphatic heterocycles. The van der Waals surface area contributed by atoms with Gasteiger partial charge in [-0.25, -0.2) is 9.78 Å². The number of carbonyl (C=O) groups excluding carboxylic acids is 1. The third-order valence-electron chi connectivity index (χ3n) is 5.38. The van der Waals surface area contributed by atoms with Gasteiger partial charge in [-0.3, -0.25) is 4.90 Å². The Hall–Kier alpha value is -3.02. The molecule has 0 aliphatic carbocycles. The highest BCUT2D eigenvalue weighted by Crippen LogP contribution is 2.27. The number of carbonyl (C=O) groups is 1. The number of imidazole rings is 1. The molecule has 1 fully saturated rings. The summed E-state index contributed by atoms with van der Waals surface area (Å²) in [6.07, 6.45) is 3.49. The molecule has 6 heteroatoms. The number of fused-ring (bicyclic) bond motifs is 1. The van der Waals surface area contributed by atoms with Crippen LogP contribution in [-0.4, -0.2) is 42.3 Å². The van der Waals surface area contributed by atoms with E-state index in [4.69, 9.17) is 4.74 Å². The van der Waals surface area contributed by atoms with E-state index in [1.165, 1.54) is 5.69 Å². The summed E-state index contributed by atoms with van der Waals surface area (Å²) >= 11 is 0. The molecule has 4 rings (SSSR count). The highest BCUT2D eigenvalue weighted by molar-refractivity contribution is 5.90. The summed E-state index contributed by atoms with van der Waals surface area (Å²) in [5.41, 5.74) is 3.93. The number of aromatic amines is 1. The molecule has 0 unspecified atom stereocenters. The largest absolute Gasteiger partial charge is 0.449 e. The zero-order valence-electron chi connectivity index (χ0n) is 16.2. The highest BCUT2D eigenvalue weighted by Gasteiger charge is 2.26. The third-order valence-corrected chi connectivity index (χ3v) is 5.38. The smallest absolute Gasteiger partial charge is 0.414 e. The number of H-pyrrole nitrogens is 1. The average Bonchev–Trinajstić information content (AvgIpc) is 3.21. The summed E-state index contributed by atoms with van der Waals surface area (Å²) in [4.78, 5) is 24.2. The second-order valence-electron chi connectivity index (χ2n) is 7.18. The van der Waals surface area contributed by atoms with Gasteiger partial charge in [-0.05, 0) is 56.0 Å². The molecule has 0 saturated carbocycles. The minimum Gasteiger partial charge on any atom is -0.449 e. The standard InChI is InChI=1S/C22H26N4O2/c1-2-28-22(27)26(19-8-9-20-21(14-19)24-16-23-20)15-17-10-12-25(13-11-17)18-6-4-3-5-7-18/h3-9,14,16-17H,2,10-13,15H2,1H3,(H,23,24). The maximum Gasteiger partial charge on any atom is 0.414 e. The second-order valence-corrected chi connectivity index (χ2v) is 7.18. The van der Waals surface area contributed by atoms with E-state index in [1.54, 1.807) is 11.2 Å². The van der Waals surface area contributed by atoms with Crippen molar-refractivity contribution in [1.29, 1.82) is 0 Å². The minimum atomic E-state index is -0.285. The molecule has 146 valence electrons. The molecule has 2 heterocycles. The second kappa shape index (κ2) is 8.33. The molecule has 1 aliphatic rings. The molecule has 0 atom stereocenters. The fraction of sp³-hybridized carbons (Fsp3) is 0.364. The maximum absolute atomic E-state index is 12.6. The van der Waals surface area contributed by atoms with Crippen LogP contribution in [0.2, 0.25) is 0 Å². The Labute approximate surface area is 165 Å². The van der Waals surface area contributed by atoms with Crippen LogP contribution in [0.1, 0.15) is 19.8 Å². The van der Waals surface area contributed by atoms with Gasteiger partial charge in [0, 0.05) is 31.0 Å². The Bertz CT molecular complexity index is 916. The maximum atomic E-state index is 12.6. The van der Waals surface area contributed by atoms with E-state index in [2.05, 4.69) is 39.1 Å². The van der Waals surface area contributed by atoms with Gasteiger partial charge in [0.15, 0.2) is 0 Å². The van der Waals surface area contributed by atoms with Crippen LogP contribution < -0.4 is 9.80 Å². The fourth-order valence-corrected chi connectivity index (χ4v) is 3.85. The molecule has 0 spiro atoms. The first kappa shape index (κ1) is 18.3. The van der Waals surface area contributed by atoms with Gasteiger partial charge >= 0.3 is 6.09 Å². The molecule has 0 radical (unpaired) electrons. The molecule has 6 nitrogen and oxygen atoms in total. The first-order chi connectivity index (χ1) is 13.7. The summed E-state index contributed by atoms with van der Waals surface area (Å²) in [5.74, 6) is 0.446. The van der Waals surface area contributed by atoms with Crippen LogP contribution in [0.5, 0.6) is 0 Å². The monoisotopic (exact) mass is 378 g/mol. The number of aromatic nitrogens is 2. The van der Waals surface area contributed by atoms with Gasteiger partial charge in [-0.15, -0.1) is 0 Å². The van der Waals surface area contributed by atoms with Gasteiger partial charge in [0.25, 0.3) is 0 Å². The van der Waals surface area contributed by atoms with Crippen LogP contribution in [0.4, 0.5) is 16.2 Å². The summed E-state index contributed by atoms with van der Waals surface area (Å²) < 4.78 is 5.33. The summed E-state index contributed by atoms with van der Waals surface area (Å²) in [7, 11) is 0. The Kier molecular flexibility index (Phi) is 5.46. The van der Waals surface area contributed by atoms with Crippen molar-refractivity contribution in [2.24, 2.45) is 5.92 Å². The molecule has 1 aromatic heterocycles. The van der Waals surface area contributed by atoms with Crippen LogP contribution >= 0.6 is 0 Å². The lowest BCUT2D eigenvalue weighted by Crippen LogP contribution is -2.41.